The second-order valence-corrected chi connectivity index (χ2v) is 5.99. The lowest BCUT2D eigenvalue weighted by atomic mass is 10.2. The molecule has 122 valence electrons. The average Bonchev–Trinajstić information content (AvgIpc) is 3.04. The van der Waals surface area contributed by atoms with Crippen LogP contribution in [0.4, 0.5) is 5.82 Å². The van der Waals surface area contributed by atoms with Crippen molar-refractivity contribution in [1.82, 2.24) is 24.6 Å². The van der Waals surface area contributed by atoms with Crippen molar-refractivity contribution in [3.8, 4) is 0 Å². The lowest BCUT2D eigenvalue weighted by molar-refractivity contribution is 0.205. The van der Waals surface area contributed by atoms with E-state index in [0.717, 1.165) is 37.7 Å². The van der Waals surface area contributed by atoms with E-state index in [1.54, 1.807) is 18.6 Å². The Labute approximate surface area is 141 Å². The van der Waals surface area contributed by atoms with Gasteiger partial charge in [0.2, 0.25) is 0 Å². The van der Waals surface area contributed by atoms with Gasteiger partial charge in [-0.15, -0.1) is 0 Å². The number of hydrogen-bond acceptors (Lipinski definition) is 5. The Morgan fingerprint density at radius 2 is 2.00 bits per heavy atom. The van der Waals surface area contributed by atoms with Gasteiger partial charge in [-0.3, -0.25) is 14.6 Å². The van der Waals surface area contributed by atoms with E-state index in [0.29, 0.717) is 6.54 Å². The Kier molecular flexibility index (Phi) is 4.20. The van der Waals surface area contributed by atoms with Gasteiger partial charge >= 0.3 is 0 Å². The van der Waals surface area contributed by atoms with E-state index in [1.807, 2.05) is 0 Å². The Bertz CT molecular complexity index is 784. The molecule has 0 spiro atoms. The fourth-order valence-corrected chi connectivity index (χ4v) is 3.01. The zero-order valence-corrected chi connectivity index (χ0v) is 13.5. The first kappa shape index (κ1) is 14.8. The van der Waals surface area contributed by atoms with E-state index >= 15 is 0 Å². The third kappa shape index (κ3) is 3.44. The van der Waals surface area contributed by atoms with Crippen LogP contribution in [0.15, 0.2) is 55.0 Å². The molecule has 0 aliphatic carbocycles. The number of nitrogens with one attached hydrogen (secondary N) is 1. The number of fused-ring (bicyclic) bond motifs is 1. The number of benzene rings is 1. The zero-order chi connectivity index (χ0) is 16.2. The molecule has 0 fully saturated rings. The van der Waals surface area contributed by atoms with Crippen LogP contribution in [0.3, 0.4) is 0 Å². The topological polar surface area (TPSA) is 58.9 Å². The molecule has 0 saturated heterocycles. The molecule has 1 aliphatic rings. The van der Waals surface area contributed by atoms with Gasteiger partial charge in [0.1, 0.15) is 5.82 Å². The first-order chi connectivity index (χ1) is 11.9. The van der Waals surface area contributed by atoms with Crippen molar-refractivity contribution in [1.29, 1.82) is 0 Å². The van der Waals surface area contributed by atoms with Crippen molar-refractivity contribution in [2.24, 2.45) is 0 Å². The molecule has 0 atom stereocenters. The molecular weight excluding hydrogens is 300 g/mol. The summed E-state index contributed by atoms with van der Waals surface area (Å²) in [5.74, 6) is 0.772. The molecule has 0 saturated carbocycles. The highest BCUT2D eigenvalue weighted by atomic mass is 15.3. The van der Waals surface area contributed by atoms with Gasteiger partial charge in [-0.05, 0) is 11.6 Å². The summed E-state index contributed by atoms with van der Waals surface area (Å²) in [6.07, 6.45) is 5.07. The smallest absolute Gasteiger partial charge is 0.144 e. The van der Waals surface area contributed by atoms with Crippen molar-refractivity contribution in [2.75, 3.05) is 11.9 Å². The van der Waals surface area contributed by atoms with Crippen LogP contribution in [-0.2, 0) is 26.2 Å². The molecule has 1 aromatic carbocycles. The monoisotopic (exact) mass is 320 g/mol. The summed E-state index contributed by atoms with van der Waals surface area (Å²) in [6.45, 7) is 4.55. The van der Waals surface area contributed by atoms with E-state index < -0.39 is 0 Å². The van der Waals surface area contributed by atoms with E-state index in [4.69, 9.17) is 0 Å². The molecule has 0 unspecified atom stereocenters. The first-order valence-corrected chi connectivity index (χ1v) is 8.18. The maximum Gasteiger partial charge on any atom is 0.144 e. The predicted octanol–water partition coefficient (Wildman–Crippen LogP) is 2.30. The van der Waals surface area contributed by atoms with Gasteiger partial charge in [-0.1, -0.05) is 30.3 Å². The van der Waals surface area contributed by atoms with Gasteiger partial charge in [0, 0.05) is 32.0 Å². The van der Waals surface area contributed by atoms with Gasteiger partial charge in [0.05, 0.1) is 30.7 Å². The molecule has 1 aliphatic heterocycles. The zero-order valence-electron chi connectivity index (χ0n) is 13.5. The molecule has 0 radical (unpaired) electrons. The molecule has 1 N–H and O–H groups in total. The minimum absolute atomic E-state index is 0.664. The maximum absolute atomic E-state index is 4.69. The molecule has 0 bridgehead atoms. The Morgan fingerprint density at radius 3 is 2.83 bits per heavy atom. The highest BCUT2D eigenvalue weighted by Gasteiger charge is 2.18. The molecule has 2 aromatic heterocycles. The molecule has 6 nitrogen and oxygen atoms in total. The average molecular weight is 320 g/mol. The number of aromatic nitrogens is 4. The first-order valence-electron chi connectivity index (χ1n) is 8.18. The third-order valence-corrected chi connectivity index (χ3v) is 4.19. The van der Waals surface area contributed by atoms with Crippen LogP contribution in [0.1, 0.15) is 17.0 Å². The second kappa shape index (κ2) is 6.80. The predicted molar refractivity (Wildman–Crippen MR) is 92.1 cm³/mol. The van der Waals surface area contributed by atoms with Crippen LogP contribution in [0.5, 0.6) is 0 Å². The summed E-state index contributed by atoms with van der Waals surface area (Å²) < 4.78 is 2.12. The largest absolute Gasteiger partial charge is 0.363 e. The lowest BCUT2D eigenvalue weighted by Crippen LogP contribution is -2.33. The standard InChI is InChI=1S/C18H20N6/c1-2-4-15(5-3-1)13-23-8-9-24-17(14-23)10-16(22-24)11-21-18-12-19-6-7-20-18/h1-7,10,12H,8-9,11,13-14H2,(H,20,21). The van der Waals surface area contributed by atoms with Gasteiger partial charge in [0.25, 0.3) is 0 Å². The minimum Gasteiger partial charge on any atom is -0.363 e. The minimum atomic E-state index is 0.664. The number of hydrogen-bond donors (Lipinski definition) is 1. The van der Waals surface area contributed by atoms with Crippen molar-refractivity contribution in [3.05, 3.63) is 71.9 Å². The van der Waals surface area contributed by atoms with Crippen LogP contribution in [0.2, 0.25) is 0 Å². The van der Waals surface area contributed by atoms with Crippen LogP contribution in [-0.4, -0.2) is 31.2 Å². The molecule has 6 heteroatoms. The summed E-state index contributed by atoms with van der Waals surface area (Å²) >= 11 is 0. The number of nitrogens with zero attached hydrogens (tertiary/aromatic N) is 5. The van der Waals surface area contributed by atoms with Crippen molar-refractivity contribution in [3.63, 3.8) is 0 Å². The van der Waals surface area contributed by atoms with Crippen LogP contribution in [0, 0.1) is 0 Å². The SMILES string of the molecule is c1ccc(CN2CCn3nc(CNc4cnccn4)cc3C2)cc1. The van der Waals surface area contributed by atoms with E-state index in [2.05, 4.69) is 66.4 Å². The van der Waals surface area contributed by atoms with Crippen LogP contribution < -0.4 is 5.32 Å². The fourth-order valence-electron chi connectivity index (χ4n) is 3.01. The molecule has 24 heavy (non-hydrogen) atoms. The Morgan fingerprint density at radius 1 is 1.08 bits per heavy atom. The highest BCUT2D eigenvalue weighted by Crippen LogP contribution is 2.16. The Hall–Kier alpha value is -2.73. The normalized spacial score (nSPS) is 14.3. The summed E-state index contributed by atoms with van der Waals surface area (Å²) in [5.41, 5.74) is 3.67. The summed E-state index contributed by atoms with van der Waals surface area (Å²) in [5, 5.41) is 7.94. The second-order valence-electron chi connectivity index (χ2n) is 5.99. The molecule has 3 aromatic rings. The lowest BCUT2D eigenvalue weighted by Gasteiger charge is -2.27. The van der Waals surface area contributed by atoms with Crippen molar-refractivity contribution >= 4 is 5.82 Å². The summed E-state index contributed by atoms with van der Waals surface area (Å²) in [6, 6.07) is 12.8. The Balaban J connectivity index is 1.39. The van der Waals surface area contributed by atoms with E-state index in [-0.39, 0.29) is 0 Å². The van der Waals surface area contributed by atoms with Crippen LogP contribution >= 0.6 is 0 Å². The number of rotatable bonds is 5. The van der Waals surface area contributed by atoms with Gasteiger partial charge in [-0.25, -0.2) is 4.98 Å². The van der Waals surface area contributed by atoms with E-state index in [1.165, 1.54) is 11.3 Å². The van der Waals surface area contributed by atoms with Crippen LogP contribution in [0.25, 0.3) is 0 Å². The third-order valence-electron chi connectivity index (χ3n) is 4.19. The summed E-state index contributed by atoms with van der Waals surface area (Å²) in [4.78, 5) is 10.7. The van der Waals surface area contributed by atoms with Gasteiger partial charge < -0.3 is 5.32 Å². The van der Waals surface area contributed by atoms with E-state index in [9.17, 15) is 0 Å². The molecule has 4 rings (SSSR count). The highest BCUT2D eigenvalue weighted by molar-refractivity contribution is 5.31. The quantitative estimate of drug-likeness (QED) is 0.782. The summed E-state index contributed by atoms with van der Waals surface area (Å²) in [7, 11) is 0. The maximum atomic E-state index is 4.69. The fraction of sp³-hybridized carbons (Fsp3) is 0.278. The molecule has 0 amide bonds. The molecular formula is C18H20N6. The van der Waals surface area contributed by atoms with Gasteiger partial charge in [-0.2, -0.15) is 5.10 Å². The van der Waals surface area contributed by atoms with Crippen molar-refractivity contribution in [2.45, 2.75) is 26.2 Å². The van der Waals surface area contributed by atoms with Gasteiger partial charge in [0.15, 0.2) is 0 Å². The molecule has 3 heterocycles. The van der Waals surface area contributed by atoms with Crippen molar-refractivity contribution < 1.29 is 0 Å². The number of anilines is 1.